The van der Waals surface area contributed by atoms with E-state index in [-0.39, 0.29) is 10.8 Å². The first-order valence-electron chi connectivity index (χ1n) is 14.4. The van der Waals surface area contributed by atoms with E-state index in [9.17, 15) is 24.3 Å². The quantitative estimate of drug-likeness (QED) is 0.242. The van der Waals surface area contributed by atoms with Gasteiger partial charge in [0.25, 0.3) is 11.5 Å². The molecule has 3 heterocycles. The summed E-state index contributed by atoms with van der Waals surface area (Å²) in [5, 5.41) is 11.6. The number of thioether (sulfide) groups is 1. The third kappa shape index (κ3) is 4.70. The summed E-state index contributed by atoms with van der Waals surface area (Å²) < 4.78 is 2.25. The van der Waals surface area contributed by atoms with E-state index >= 15 is 0 Å². The first-order chi connectivity index (χ1) is 21.3. The number of carbonyl (C=O) groups excluding carboxylic acids is 2. The maximum absolute atomic E-state index is 13.5. The third-order valence-corrected chi connectivity index (χ3v) is 11.3. The van der Waals surface area contributed by atoms with E-state index < -0.39 is 18.1 Å². The number of hydrogen-bond donors (Lipinski definition) is 1. The molecular formula is C33H27N3O5S3. The molecule has 222 valence electrons. The number of anilines is 2. The second kappa shape index (κ2) is 11.1. The van der Waals surface area contributed by atoms with Gasteiger partial charge >= 0.3 is 5.97 Å². The van der Waals surface area contributed by atoms with Crippen molar-refractivity contribution in [3.8, 4) is 0 Å². The smallest absolute Gasteiger partial charge is 0.323 e. The summed E-state index contributed by atoms with van der Waals surface area (Å²) in [4.78, 5) is 53.6. The van der Waals surface area contributed by atoms with Crippen LogP contribution < -0.4 is 19.7 Å². The summed E-state index contributed by atoms with van der Waals surface area (Å²) in [6.07, 6.45) is 5.94. The van der Waals surface area contributed by atoms with Crippen LogP contribution in [0.1, 0.15) is 53.6 Å². The van der Waals surface area contributed by atoms with Gasteiger partial charge in [-0.15, -0.1) is 11.3 Å². The zero-order valence-electron chi connectivity index (χ0n) is 23.7. The van der Waals surface area contributed by atoms with E-state index in [1.165, 1.54) is 15.0 Å². The van der Waals surface area contributed by atoms with E-state index in [1.807, 2.05) is 31.2 Å². The van der Waals surface area contributed by atoms with Gasteiger partial charge in [-0.05, 0) is 78.1 Å². The monoisotopic (exact) mass is 641 g/mol. The number of aliphatic carboxylic acids is 1. The number of amides is 1. The SMILES string of the molecule is CCN1C(=O)/C(=c2\s/c(=C/c3ccc4c(c3)C3CCCC3N4c3ccc4cc(C=O)ccc4c3)c(=O)n2CC(=O)O)SC1=S. The second-order valence-electron chi connectivity index (χ2n) is 11.1. The average Bonchev–Trinajstić information content (AvgIpc) is 3.75. The highest BCUT2D eigenvalue weighted by Gasteiger charge is 2.42. The van der Waals surface area contributed by atoms with Gasteiger partial charge in [0.1, 0.15) is 26.7 Å². The molecule has 1 saturated carbocycles. The number of carbonyl (C=O) groups is 3. The van der Waals surface area contributed by atoms with Crippen LogP contribution in [0.5, 0.6) is 0 Å². The lowest BCUT2D eigenvalue weighted by Crippen LogP contribution is -2.35. The van der Waals surface area contributed by atoms with Crippen LogP contribution in [0.25, 0.3) is 21.8 Å². The summed E-state index contributed by atoms with van der Waals surface area (Å²) in [5.74, 6) is -1.11. The van der Waals surface area contributed by atoms with Crippen molar-refractivity contribution in [2.24, 2.45) is 0 Å². The number of carboxylic acids is 1. The van der Waals surface area contributed by atoms with Crippen LogP contribution in [0.4, 0.5) is 11.4 Å². The van der Waals surface area contributed by atoms with Crippen molar-refractivity contribution in [2.75, 3.05) is 11.4 Å². The standard InChI is InChI=1S/C33H27N3O5S3/c1-2-34-31(41)29(44-33(34)42)32-35(16-28(38)39)30(40)27(43-32)14-18-7-11-26-24(13-18)23-4-3-5-25(23)36(26)22-10-9-20-12-19(17-37)6-8-21(20)15-22/h6-15,17,23,25H,2-5,16H2,1H3,(H,38,39)/b27-14+,32-29+. The molecule has 2 atom stereocenters. The van der Waals surface area contributed by atoms with E-state index in [4.69, 9.17) is 12.2 Å². The minimum absolute atomic E-state index is 0.288. The van der Waals surface area contributed by atoms with Crippen molar-refractivity contribution >= 4 is 90.9 Å². The number of aromatic nitrogens is 1. The third-order valence-electron chi connectivity index (χ3n) is 8.64. The fraction of sp³-hybridized carbons (Fsp3) is 0.242. The molecule has 0 bridgehead atoms. The van der Waals surface area contributed by atoms with Crippen LogP contribution in [0.2, 0.25) is 0 Å². The molecule has 2 aliphatic heterocycles. The number of thiazole rings is 1. The number of aldehydes is 1. The van der Waals surface area contributed by atoms with E-state index in [2.05, 4.69) is 35.2 Å². The van der Waals surface area contributed by atoms with Crippen molar-refractivity contribution in [3.63, 3.8) is 0 Å². The molecule has 3 aliphatic rings. The van der Waals surface area contributed by atoms with Gasteiger partial charge in [-0.2, -0.15) is 0 Å². The fourth-order valence-corrected chi connectivity index (χ4v) is 9.34. The molecule has 7 rings (SSSR count). The van der Waals surface area contributed by atoms with Crippen LogP contribution in [-0.4, -0.2) is 49.6 Å². The maximum Gasteiger partial charge on any atom is 0.323 e. The van der Waals surface area contributed by atoms with Crippen molar-refractivity contribution < 1.29 is 19.5 Å². The number of rotatable bonds is 6. The van der Waals surface area contributed by atoms with Gasteiger partial charge in [0, 0.05) is 35.4 Å². The van der Waals surface area contributed by atoms with Crippen molar-refractivity contribution in [1.82, 2.24) is 9.47 Å². The first kappa shape index (κ1) is 28.7. The molecule has 2 unspecified atom stereocenters. The van der Waals surface area contributed by atoms with Crippen LogP contribution in [0.3, 0.4) is 0 Å². The molecule has 0 radical (unpaired) electrons. The van der Waals surface area contributed by atoms with Crippen molar-refractivity contribution in [3.05, 3.63) is 90.8 Å². The Morgan fingerprint density at radius 2 is 1.82 bits per heavy atom. The topological polar surface area (TPSA) is 99.9 Å². The zero-order chi connectivity index (χ0) is 30.7. The number of nitrogens with zero attached hydrogens (tertiary/aromatic N) is 3. The number of thiocarbonyl (C=S) groups is 1. The predicted octanol–water partition coefficient (Wildman–Crippen LogP) is 4.57. The maximum atomic E-state index is 13.5. The predicted molar refractivity (Wildman–Crippen MR) is 178 cm³/mol. The van der Waals surface area contributed by atoms with Crippen LogP contribution in [0, 0.1) is 0 Å². The van der Waals surface area contributed by atoms with E-state index in [0.29, 0.717) is 37.6 Å². The summed E-state index contributed by atoms with van der Waals surface area (Å²) in [6, 6.07) is 18.7. The molecule has 3 aromatic carbocycles. The molecule has 1 aromatic heterocycles. The highest BCUT2D eigenvalue weighted by molar-refractivity contribution is 8.30. The molecule has 4 aromatic rings. The number of benzene rings is 3. The van der Waals surface area contributed by atoms with Gasteiger partial charge in [0.05, 0.1) is 4.53 Å². The summed E-state index contributed by atoms with van der Waals surface area (Å²) in [7, 11) is 0. The number of hydrogen-bond acceptors (Lipinski definition) is 8. The minimum atomic E-state index is -1.16. The van der Waals surface area contributed by atoms with Crippen molar-refractivity contribution in [2.45, 2.75) is 44.7 Å². The first-order valence-corrected chi connectivity index (χ1v) is 16.4. The molecule has 8 nitrogen and oxygen atoms in total. The largest absolute Gasteiger partial charge is 0.480 e. The van der Waals surface area contributed by atoms with E-state index in [1.54, 1.807) is 6.08 Å². The Kier molecular flexibility index (Phi) is 7.26. The average molecular weight is 642 g/mol. The highest BCUT2D eigenvalue weighted by Crippen LogP contribution is 2.52. The van der Waals surface area contributed by atoms with Gasteiger partial charge in [-0.1, -0.05) is 54.7 Å². The normalized spacial score (nSPS) is 21.0. The second-order valence-corrected chi connectivity index (χ2v) is 13.8. The van der Waals surface area contributed by atoms with E-state index in [0.717, 1.165) is 76.4 Å². The highest BCUT2D eigenvalue weighted by atomic mass is 32.2. The Hall–Kier alpha value is -4.06. The molecule has 2 fully saturated rings. The molecule has 44 heavy (non-hydrogen) atoms. The summed E-state index contributed by atoms with van der Waals surface area (Å²) in [6.45, 7) is 1.68. The Labute approximate surface area is 265 Å². The van der Waals surface area contributed by atoms with Gasteiger partial charge in [0.15, 0.2) is 0 Å². The lowest BCUT2D eigenvalue weighted by atomic mass is 9.96. The molecule has 0 spiro atoms. The lowest BCUT2D eigenvalue weighted by molar-refractivity contribution is -0.137. The van der Waals surface area contributed by atoms with Crippen molar-refractivity contribution in [1.29, 1.82) is 0 Å². The summed E-state index contributed by atoms with van der Waals surface area (Å²) in [5.41, 5.74) is 4.56. The number of carboxylic acid groups (broad SMARTS) is 1. The van der Waals surface area contributed by atoms with Gasteiger partial charge in [0.2, 0.25) is 0 Å². The Bertz CT molecular complexity index is 2100. The molecule has 11 heteroatoms. The van der Waals surface area contributed by atoms with Gasteiger partial charge in [-0.25, -0.2) is 0 Å². The van der Waals surface area contributed by atoms with Crippen LogP contribution in [-0.2, 0) is 16.1 Å². The molecular weight excluding hydrogens is 615 g/mol. The minimum Gasteiger partial charge on any atom is -0.480 e. The molecule has 1 amide bonds. The lowest BCUT2D eigenvalue weighted by Gasteiger charge is -2.27. The van der Waals surface area contributed by atoms with Crippen LogP contribution >= 0.6 is 35.3 Å². The molecule has 1 aliphatic carbocycles. The fourth-order valence-electron chi connectivity index (χ4n) is 6.69. The zero-order valence-corrected chi connectivity index (χ0v) is 26.1. The summed E-state index contributed by atoms with van der Waals surface area (Å²) >= 11 is 7.58. The Morgan fingerprint density at radius 1 is 1.05 bits per heavy atom. The van der Waals surface area contributed by atoms with Gasteiger partial charge < -0.3 is 10.0 Å². The molecule has 1 saturated heterocycles. The van der Waals surface area contributed by atoms with Crippen LogP contribution in [0.15, 0.2) is 59.4 Å². The Morgan fingerprint density at radius 3 is 2.57 bits per heavy atom. The van der Waals surface area contributed by atoms with Gasteiger partial charge in [-0.3, -0.25) is 28.6 Å². The number of fused-ring (bicyclic) bond motifs is 4. The molecule has 1 N–H and O–H groups in total. The Balaban J connectivity index is 1.32.